The molecule has 1 fully saturated rings. The molecule has 1 aliphatic rings. The SMILES string of the molecule is CCCOc1ccc(C(O)=C2C(=O)C(=O)N(c3nnc(SCc4ccc(Cl)cc4)s3)C2c2ccc(OCC)c(OCC)c2)cc1. The molecule has 4 aromatic rings. The summed E-state index contributed by atoms with van der Waals surface area (Å²) < 4.78 is 17.9. The summed E-state index contributed by atoms with van der Waals surface area (Å²) in [5.74, 6) is 0.272. The monoisotopic (exact) mass is 665 g/mol. The molecule has 1 unspecified atom stereocenters. The molecule has 1 N–H and O–H groups in total. The average molecular weight is 666 g/mol. The van der Waals surface area contributed by atoms with Crippen molar-refractivity contribution in [3.8, 4) is 17.2 Å². The topological polar surface area (TPSA) is 111 Å². The highest BCUT2D eigenvalue weighted by Crippen LogP contribution is 2.45. The van der Waals surface area contributed by atoms with Gasteiger partial charge in [0.15, 0.2) is 15.8 Å². The summed E-state index contributed by atoms with van der Waals surface area (Å²) in [6, 6.07) is 18.5. The van der Waals surface area contributed by atoms with Crippen molar-refractivity contribution in [2.75, 3.05) is 24.7 Å². The Morgan fingerprint density at radius 3 is 2.33 bits per heavy atom. The van der Waals surface area contributed by atoms with Gasteiger partial charge in [-0.05, 0) is 79.9 Å². The molecule has 9 nitrogen and oxygen atoms in total. The van der Waals surface area contributed by atoms with E-state index in [0.717, 1.165) is 12.0 Å². The zero-order chi connectivity index (χ0) is 31.9. The normalized spacial score (nSPS) is 15.8. The number of nitrogens with zero attached hydrogens (tertiary/aromatic N) is 3. The molecule has 1 amide bonds. The number of amides is 1. The van der Waals surface area contributed by atoms with Crippen molar-refractivity contribution < 1.29 is 28.9 Å². The Morgan fingerprint density at radius 2 is 1.64 bits per heavy atom. The number of hydrogen-bond acceptors (Lipinski definition) is 10. The first kappa shape index (κ1) is 32.3. The predicted octanol–water partition coefficient (Wildman–Crippen LogP) is 7.70. The number of ether oxygens (including phenoxy) is 3. The van der Waals surface area contributed by atoms with Crippen LogP contribution in [0.2, 0.25) is 5.02 Å². The van der Waals surface area contributed by atoms with Gasteiger partial charge in [-0.25, -0.2) is 0 Å². The smallest absolute Gasteiger partial charge is 0.301 e. The van der Waals surface area contributed by atoms with Crippen LogP contribution in [0, 0.1) is 0 Å². The lowest BCUT2D eigenvalue weighted by Gasteiger charge is -2.23. The fraction of sp³-hybridized carbons (Fsp3) is 0.273. The van der Waals surface area contributed by atoms with Crippen molar-refractivity contribution in [2.24, 2.45) is 0 Å². The summed E-state index contributed by atoms with van der Waals surface area (Å²) in [5.41, 5.74) is 1.88. The maximum Gasteiger partial charge on any atom is 0.301 e. The van der Waals surface area contributed by atoms with Crippen LogP contribution in [-0.4, -0.2) is 46.8 Å². The number of anilines is 1. The largest absolute Gasteiger partial charge is 0.507 e. The molecule has 1 aliphatic heterocycles. The Labute approximate surface area is 274 Å². The van der Waals surface area contributed by atoms with E-state index in [0.29, 0.717) is 63.3 Å². The van der Waals surface area contributed by atoms with Gasteiger partial charge in [0, 0.05) is 16.3 Å². The fourth-order valence-corrected chi connectivity index (χ4v) is 6.70. The van der Waals surface area contributed by atoms with E-state index in [1.165, 1.54) is 28.0 Å². The molecule has 0 bridgehead atoms. The van der Waals surface area contributed by atoms with Gasteiger partial charge in [0.1, 0.15) is 11.5 Å². The fourth-order valence-electron chi connectivity index (χ4n) is 4.75. The summed E-state index contributed by atoms with van der Waals surface area (Å²) in [6.07, 6.45) is 0.851. The van der Waals surface area contributed by atoms with E-state index in [-0.39, 0.29) is 16.5 Å². The summed E-state index contributed by atoms with van der Waals surface area (Å²) in [4.78, 5) is 28.6. The molecular formula is C33H32ClN3O6S2. The van der Waals surface area contributed by atoms with Crippen molar-refractivity contribution in [1.29, 1.82) is 0 Å². The van der Waals surface area contributed by atoms with Gasteiger partial charge in [-0.1, -0.05) is 59.8 Å². The quantitative estimate of drug-likeness (QED) is 0.0505. The lowest BCUT2D eigenvalue weighted by atomic mass is 9.95. The first-order valence-corrected chi connectivity index (χ1v) is 16.7. The number of thioether (sulfide) groups is 1. The Hall–Kier alpha value is -4.06. The third-order valence-electron chi connectivity index (χ3n) is 6.81. The van der Waals surface area contributed by atoms with Crippen molar-refractivity contribution in [1.82, 2.24) is 10.2 Å². The maximum absolute atomic E-state index is 13.7. The van der Waals surface area contributed by atoms with Crippen molar-refractivity contribution in [3.05, 3.63) is 94.0 Å². The van der Waals surface area contributed by atoms with Crippen LogP contribution in [-0.2, 0) is 15.3 Å². The van der Waals surface area contributed by atoms with Gasteiger partial charge in [-0.2, -0.15) is 0 Å². The minimum absolute atomic E-state index is 0.0700. The Bertz CT molecular complexity index is 1690. The molecule has 234 valence electrons. The molecule has 0 saturated carbocycles. The van der Waals surface area contributed by atoms with Crippen LogP contribution in [0.5, 0.6) is 17.2 Å². The molecule has 5 rings (SSSR count). The van der Waals surface area contributed by atoms with Gasteiger partial charge in [-0.15, -0.1) is 10.2 Å². The second-order valence-electron chi connectivity index (χ2n) is 9.88. The van der Waals surface area contributed by atoms with E-state index < -0.39 is 17.7 Å². The molecule has 3 aromatic carbocycles. The number of Topliss-reactive ketones (excluding diaryl/α,β-unsaturated/α-hetero) is 1. The molecule has 0 spiro atoms. The molecule has 2 heterocycles. The summed E-state index contributed by atoms with van der Waals surface area (Å²) in [7, 11) is 0. The lowest BCUT2D eigenvalue weighted by Crippen LogP contribution is -2.29. The van der Waals surface area contributed by atoms with E-state index in [2.05, 4.69) is 10.2 Å². The predicted molar refractivity (Wildman–Crippen MR) is 177 cm³/mol. The van der Waals surface area contributed by atoms with Crippen LogP contribution >= 0.6 is 34.7 Å². The second-order valence-corrected chi connectivity index (χ2v) is 12.5. The van der Waals surface area contributed by atoms with Crippen LogP contribution < -0.4 is 19.1 Å². The van der Waals surface area contributed by atoms with Crippen LogP contribution in [0.25, 0.3) is 5.76 Å². The average Bonchev–Trinajstić information content (AvgIpc) is 3.62. The minimum atomic E-state index is -1.00. The zero-order valence-electron chi connectivity index (χ0n) is 25.0. The maximum atomic E-state index is 13.7. The Kier molecular flexibility index (Phi) is 10.6. The number of aromatic nitrogens is 2. The molecule has 0 radical (unpaired) electrons. The molecule has 12 heteroatoms. The first-order chi connectivity index (χ1) is 21.8. The summed E-state index contributed by atoms with van der Waals surface area (Å²) in [6.45, 7) is 7.09. The highest BCUT2D eigenvalue weighted by Gasteiger charge is 2.48. The van der Waals surface area contributed by atoms with Gasteiger partial charge in [0.2, 0.25) is 5.13 Å². The highest BCUT2D eigenvalue weighted by atomic mass is 35.5. The number of ketones is 1. The van der Waals surface area contributed by atoms with Crippen LogP contribution in [0.3, 0.4) is 0 Å². The summed E-state index contributed by atoms with van der Waals surface area (Å²) >= 11 is 8.66. The van der Waals surface area contributed by atoms with Gasteiger partial charge in [0.05, 0.1) is 31.4 Å². The Morgan fingerprint density at radius 1 is 0.933 bits per heavy atom. The van der Waals surface area contributed by atoms with Gasteiger partial charge < -0.3 is 19.3 Å². The van der Waals surface area contributed by atoms with E-state index >= 15 is 0 Å². The first-order valence-electron chi connectivity index (χ1n) is 14.5. The van der Waals surface area contributed by atoms with Gasteiger partial charge >= 0.3 is 5.91 Å². The third-order valence-corrected chi connectivity index (χ3v) is 9.18. The number of carbonyl (C=O) groups excluding carboxylic acids is 2. The van der Waals surface area contributed by atoms with Gasteiger partial charge in [0.25, 0.3) is 5.78 Å². The number of rotatable bonds is 13. The van der Waals surface area contributed by atoms with Crippen molar-refractivity contribution in [2.45, 2.75) is 43.3 Å². The van der Waals surface area contributed by atoms with E-state index in [9.17, 15) is 14.7 Å². The van der Waals surface area contributed by atoms with Gasteiger partial charge in [-0.3, -0.25) is 14.5 Å². The molecule has 0 aliphatic carbocycles. The van der Waals surface area contributed by atoms with E-state index in [1.807, 2.05) is 45.0 Å². The van der Waals surface area contributed by atoms with Crippen LogP contribution in [0.4, 0.5) is 5.13 Å². The standard InChI is InChI=1S/C33H32ClN3O6S2/c1-4-17-43-24-14-9-21(10-15-24)29(38)27-28(22-11-16-25(41-5-2)26(18-22)42-6-3)37(31(40)30(27)39)32-35-36-33(45-32)44-19-20-7-12-23(34)13-8-20/h7-16,18,28,38H,4-6,17,19H2,1-3H3. The van der Waals surface area contributed by atoms with Crippen molar-refractivity contribution in [3.63, 3.8) is 0 Å². The second kappa shape index (κ2) is 14.8. The molecule has 1 atom stereocenters. The van der Waals surface area contributed by atoms with Crippen LogP contribution in [0.1, 0.15) is 49.9 Å². The highest BCUT2D eigenvalue weighted by molar-refractivity contribution is 8.00. The number of benzene rings is 3. The lowest BCUT2D eigenvalue weighted by molar-refractivity contribution is -0.132. The number of halogens is 1. The zero-order valence-corrected chi connectivity index (χ0v) is 27.4. The molecule has 45 heavy (non-hydrogen) atoms. The number of carbonyl (C=O) groups is 2. The third kappa shape index (κ3) is 7.27. The molecule has 1 saturated heterocycles. The number of aliphatic hydroxyl groups is 1. The summed E-state index contributed by atoms with van der Waals surface area (Å²) in [5, 5.41) is 21.0. The number of aliphatic hydroxyl groups excluding tert-OH is 1. The molecule has 1 aromatic heterocycles. The van der Waals surface area contributed by atoms with Crippen molar-refractivity contribution >= 4 is 57.3 Å². The van der Waals surface area contributed by atoms with Crippen LogP contribution in [0.15, 0.2) is 76.6 Å². The molecular weight excluding hydrogens is 634 g/mol. The minimum Gasteiger partial charge on any atom is -0.507 e. The number of hydrogen-bond donors (Lipinski definition) is 1. The Balaban J connectivity index is 1.56. The van der Waals surface area contributed by atoms with E-state index in [4.69, 9.17) is 25.8 Å². The van der Waals surface area contributed by atoms with E-state index in [1.54, 1.807) is 42.5 Å².